The van der Waals surface area contributed by atoms with Gasteiger partial charge in [0.05, 0.1) is 17.4 Å². The second kappa shape index (κ2) is 9.72. The van der Waals surface area contributed by atoms with Crippen LogP contribution in [0.15, 0.2) is 24.3 Å². The van der Waals surface area contributed by atoms with E-state index >= 15 is 0 Å². The number of aliphatic hydroxyl groups excluding tert-OH is 2. The Morgan fingerprint density at radius 3 is 2.39 bits per heavy atom. The Bertz CT molecular complexity index is 970. The standard InChI is InChI=1S/C26H34F3NO3/c1-6-16(11-12-33-5)23-22(24(32)17-7-9-18(10-8-17)26(27,28)29)15(2)21-19(30-23)13-25(3,4)14-20(21)31/h7-10,16,20,24,31-32H,6,11-14H2,1-5H3. The maximum absolute atomic E-state index is 13.0. The molecule has 33 heavy (non-hydrogen) atoms. The minimum atomic E-state index is -4.44. The van der Waals surface area contributed by atoms with Crippen LogP contribution in [-0.2, 0) is 17.3 Å². The number of ether oxygens (including phenoxy) is 1. The average molecular weight is 466 g/mol. The molecule has 1 aliphatic carbocycles. The van der Waals surface area contributed by atoms with Crippen molar-refractivity contribution in [3.8, 4) is 0 Å². The Kier molecular flexibility index (Phi) is 7.56. The van der Waals surface area contributed by atoms with Gasteiger partial charge < -0.3 is 14.9 Å². The summed E-state index contributed by atoms with van der Waals surface area (Å²) in [7, 11) is 1.63. The molecule has 0 bridgehead atoms. The third-order valence-electron chi connectivity index (χ3n) is 6.75. The van der Waals surface area contributed by atoms with Gasteiger partial charge in [0.15, 0.2) is 0 Å². The second-order valence-electron chi connectivity index (χ2n) is 9.87. The van der Waals surface area contributed by atoms with Crippen molar-refractivity contribution < 1.29 is 28.1 Å². The number of nitrogens with zero attached hydrogens (tertiary/aromatic N) is 1. The van der Waals surface area contributed by atoms with Crippen LogP contribution >= 0.6 is 0 Å². The van der Waals surface area contributed by atoms with Crippen molar-refractivity contribution in [3.63, 3.8) is 0 Å². The molecule has 0 saturated heterocycles. The van der Waals surface area contributed by atoms with Crippen LogP contribution in [0.2, 0.25) is 0 Å². The highest BCUT2D eigenvalue weighted by molar-refractivity contribution is 5.48. The zero-order valence-electron chi connectivity index (χ0n) is 20.0. The topological polar surface area (TPSA) is 62.6 Å². The minimum Gasteiger partial charge on any atom is -0.388 e. The predicted octanol–water partition coefficient (Wildman–Crippen LogP) is 6.03. The highest BCUT2D eigenvalue weighted by Crippen LogP contribution is 2.45. The van der Waals surface area contributed by atoms with Crippen LogP contribution in [0.25, 0.3) is 0 Å². The van der Waals surface area contributed by atoms with Crippen LogP contribution in [0, 0.1) is 12.3 Å². The molecule has 3 unspecified atom stereocenters. The number of hydrogen-bond acceptors (Lipinski definition) is 4. The van der Waals surface area contributed by atoms with Gasteiger partial charge in [0.1, 0.15) is 6.10 Å². The van der Waals surface area contributed by atoms with Crippen molar-refractivity contribution in [1.82, 2.24) is 4.98 Å². The molecule has 2 N–H and O–H groups in total. The Morgan fingerprint density at radius 2 is 1.85 bits per heavy atom. The van der Waals surface area contributed by atoms with E-state index in [2.05, 4.69) is 13.8 Å². The fourth-order valence-corrected chi connectivity index (χ4v) is 5.02. The van der Waals surface area contributed by atoms with Crippen LogP contribution in [0.1, 0.15) is 97.4 Å². The number of fused-ring (bicyclic) bond motifs is 1. The molecule has 0 aliphatic heterocycles. The van der Waals surface area contributed by atoms with Crippen molar-refractivity contribution in [2.24, 2.45) is 5.41 Å². The van der Waals surface area contributed by atoms with Crippen molar-refractivity contribution in [3.05, 3.63) is 63.5 Å². The van der Waals surface area contributed by atoms with E-state index in [1.807, 2.05) is 13.8 Å². The van der Waals surface area contributed by atoms with Crippen LogP contribution in [0.3, 0.4) is 0 Å². The summed E-state index contributed by atoms with van der Waals surface area (Å²) in [6.45, 7) is 8.65. The maximum Gasteiger partial charge on any atom is 0.416 e. The summed E-state index contributed by atoms with van der Waals surface area (Å²) >= 11 is 0. The monoisotopic (exact) mass is 465 g/mol. The lowest BCUT2D eigenvalue weighted by Crippen LogP contribution is -2.29. The smallest absolute Gasteiger partial charge is 0.388 e. The molecular formula is C26H34F3NO3. The van der Waals surface area contributed by atoms with Gasteiger partial charge in [0, 0.05) is 36.5 Å². The summed E-state index contributed by atoms with van der Waals surface area (Å²) in [5, 5.41) is 22.3. The molecule has 2 aromatic rings. The number of methoxy groups -OCH3 is 1. The lowest BCUT2D eigenvalue weighted by atomic mass is 9.72. The summed E-state index contributed by atoms with van der Waals surface area (Å²) in [4.78, 5) is 4.99. The summed E-state index contributed by atoms with van der Waals surface area (Å²) in [5.41, 5.74) is 3.15. The number of pyridine rings is 1. The number of alkyl halides is 3. The third kappa shape index (κ3) is 5.42. The zero-order valence-corrected chi connectivity index (χ0v) is 20.0. The molecule has 3 atom stereocenters. The van der Waals surface area contributed by atoms with E-state index in [0.717, 1.165) is 41.1 Å². The molecule has 3 rings (SSSR count). The third-order valence-corrected chi connectivity index (χ3v) is 6.75. The van der Waals surface area contributed by atoms with Crippen molar-refractivity contribution >= 4 is 0 Å². The normalized spacial score (nSPS) is 19.8. The largest absolute Gasteiger partial charge is 0.416 e. The number of halogens is 3. The molecule has 4 nitrogen and oxygen atoms in total. The Balaban J connectivity index is 2.16. The first kappa shape index (κ1) is 25.7. The van der Waals surface area contributed by atoms with Crippen LogP contribution in [-0.4, -0.2) is 28.9 Å². The number of aliphatic hydroxyl groups is 2. The molecule has 0 spiro atoms. The summed E-state index contributed by atoms with van der Waals surface area (Å²) in [6.07, 6.45) is -3.53. The molecule has 0 radical (unpaired) electrons. The van der Waals surface area contributed by atoms with Crippen molar-refractivity contribution in [2.75, 3.05) is 13.7 Å². The fraction of sp³-hybridized carbons (Fsp3) is 0.577. The Morgan fingerprint density at radius 1 is 1.21 bits per heavy atom. The molecular weight excluding hydrogens is 431 g/mol. The van der Waals surface area contributed by atoms with Crippen LogP contribution < -0.4 is 0 Å². The first-order valence-electron chi connectivity index (χ1n) is 11.4. The first-order valence-corrected chi connectivity index (χ1v) is 11.4. The summed E-state index contributed by atoms with van der Waals surface area (Å²) in [5.74, 6) is 0.00947. The first-order chi connectivity index (χ1) is 15.4. The predicted molar refractivity (Wildman–Crippen MR) is 121 cm³/mol. The highest BCUT2D eigenvalue weighted by atomic mass is 19.4. The van der Waals surface area contributed by atoms with E-state index in [9.17, 15) is 23.4 Å². The fourth-order valence-electron chi connectivity index (χ4n) is 5.02. The molecule has 1 aliphatic rings. The van der Waals surface area contributed by atoms with Gasteiger partial charge in [0.2, 0.25) is 0 Å². The maximum atomic E-state index is 13.0. The van der Waals surface area contributed by atoms with E-state index in [4.69, 9.17) is 9.72 Å². The molecule has 1 aromatic carbocycles. The number of benzene rings is 1. The Labute approximate surface area is 193 Å². The van der Waals surface area contributed by atoms with Gasteiger partial charge in [-0.05, 0) is 61.3 Å². The van der Waals surface area contributed by atoms with Gasteiger partial charge in [-0.3, -0.25) is 4.98 Å². The summed E-state index contributed by atoms with van der Waals surface area (Å²) < 4.78 is 44.4. The highest BCUT2D eigenvalue weighted by Gasteiger charge is 2.37. The van der Waals surface area contributed by atoms with Crippen molar-refractivity contribution in [1.29, 1.82) is 0 Å². The molecule has 0 amide bonds. The van der Waals surface area contributed by atoms with E-state index in [-0.39, 0.29) is 11.3 Å². The van der Waals surface area contributed by atoms with Gasteiger partial charge in [-0.2, -0.15) is 13.2 Å². The van der Waals surface area contributed by atoms with Gasteiger partial charge in [-0.25, -0.2) is 0 Å². The number of aromatic nitrogens is 1. The van der Waals surface area contributed by atoms with Crippen LogP contribution in [0.5, 0.6) is 0 Å². The van der Waals surface area contributed by atoms with E-state index in [0.29, 0.717) is 37.0 Å². The SMILES string of the molecule is CCC(CCOC)c1nc2c(c(C)c1C(O)c1ccc(C(F)(F)F)cc1)C(O)CC(C)(C)C2. The van der Waals surface area contributed by atoms with Gasteiger partial charge in [-0.1, -0.05) is 32.9 Å². The van der Waals surface area contributed by atoms with Gasteiger partial charge >= 0.3 is 6.18 Å². The van der Waals surface area contributed by atoms with Gasteiger partial charge in [0.25, 0.3) is 0 Å². The number of hydrogen-bond donors (Lipinski definition) is 2. The molecule has 0 fully saturated rings. The van der Waals surface area contributed by atoms with E-state index in [1.165, 1.54) is 12.1 Å². The molecule has 1 aromatic heterocycles. The van der Waals surface area contributed by atoms with E-state index < -0.39 is 23.9 Å². The average Bonchev–Trinajstić information content (AvgIpc) is 2.72. The molecule has 7 heteroatoms. The lowest BCUT2D eigenvalue weighted by Gasteiger charge is -2.37. The Hall–Kier alpha value is -1.96. The number of rotatable bonds is 7. The lowest BCUT2D eigenvalue weighted by molar-refractivity contribution is -0.137. The second-order valence-corrected chi connectivity index (χ2v) is 9.87. The van der Waals surface area contributed by atoms with E-state index in [1.54, 1.807) is 7.11 Å². The van der Waals surface area contributed by atoms with Gasteiger partial charge in [-0.15, -0.1) is 0 Å². The molecule has 0 saturated carbocycles. The quantitative estimate of drug-likeness (QED) is 0.524. The van der Waals surface area contributed by atoms with Crippen LogP contribution in [0.4, 0.5) is 13.2 Å². The molecule has 182 valence electrons. The molecule has 1 heterocycles. The zero-order chi connectivity index (χ0) is 24.6. The summed E-state index contributed by atoms with van der Waals surface area (Å²) in [6, 6.07) is 4.59. The minimum absolute atomic E-state index is 0.00947. The van der Waals surface area contributed by atoms with Crippen molar-refractivity contribution in [2.45, 2.75) is 77.7 Å².